The number of nitrogens with one attached hydrogen (secondary N) is 2. The van der Waals surface area contributed by atoms with E-state index in [1.165, 1.54) is 12.1 Å². The monoisotopic (exact) mass is 619 g/mol. The summed E-state index contributed by atoms with van der Waals surface area (Å²) in [5, 5.41) is 5.64. The van der Waals surface area contributed by atoms with Crippen LogP contribution in [-0.4, -0.2) is 33.3 Å². The molecular formula is C36H33N3O5S. The second-order valence-corrected chi connectivity index (χ2v) is 12.2. The van der Waals surface area contributed by atoms with E-state index in [0.717, 1.165) is 15.4 Å². The summed E-state index contributed by atoms with van der Waals surface area (Å²) in [6.07, 6.45) is 0.655. The minimum absolute atomic E-state index is 0.0451. The molecule has 8 nitrogen and oxygen atoms in total. The number of amides is 2. The lowest BCUT2D eigenvalue weighted by Gasteiger charge is -2.24. The fraction of sp³-hybridized carbons (Fsp3) is 0.111. The number of anilines is 2. The Morgan fingerprint density at radius 1 is 0.711 bits per heavy atom. The van der Waals surface area contributed by atoms with E-state index in [1.807, 2.05) is 67.6 Å². The molecule has 0 fully saturated rings. The van der Waals surface area contributed by atoms with Crippen molar-refractivity contribution >= 4 is 33.2 Å². The van der Waals surface area contributed by atoms with Crippen molar-refractivity contribution in [2.24, 2.45) is 0 Å². The van der Waals surface area contributed by atoms with Crippen LogP contribution in [0.25, 0.3) is 0 Å². The summed E-state index contributed by atoms with van der Waals surface area (Å²) in [7, 11) is -4.14. The Labute approximate surface area is 263 Å². The van der Waals surface area contributed by atoms with Gasteiger partial charge in [0, 0.05) is 6.54 Å². The van der Waals surface area contributed by atoms with E-state index >= 15 is 0 Å². The largest absolute Gasteiger partial charge is 0.457 e. The van der Waals surface area contributed by atoms with Gasteiger partial charge < -0.3 is 15.4 Å². The average Bonchev–Trinajstić information content (AvgIpc) is 3.05. The summed E-state index contributed by atoms with van der Waals surface area (Å²) in [6.45, 7) is 1.75. The van der Waals surface area contributed by atoms with Crippen molar-refractivity contribution in [2.45, 2.75) is 18.2 Å². The van der Waals surface area contributed by atoms with E-state index in [4.69, 9.17) is 4.74 Å². The Morgan fingerprint density at radius 2 is 1.31 bits per heavy atom. The zero-order chi connectivity index (χ0) is 31.6. The second kappa shape index (κ2) is 14.4. The van der Waals surface area contributed by atoms with Crippen LogP contribution >= 0.6 is 0 Å². The number of nitrogens with zero attached hydrogens (tertiary/aromatic N) is 1. The van der Waals surface area contributed by atoms with Crippen LogP contribution in [0.1, 0.15) is 21.5 Å². The topological polar surface area (TPSA) is 105 Å². The number of ether oxygens (including phenoxy) is 1. The van der Waals surface area contributed by atoms with Crippen LogP contribution in [0.2, 0.25) is 0 Å². The maximum Gasteiger partial charge on any atom is 0.264 e. The Balaban J connectivity index is 1.34. The molecule has 2 N–H and O–H groups in total. The van der Waals surface area contributed by atoms with Gasteiger partial charge >= 0.3 is 0 Å². The molecule has 0 aliphatic carbocycles. The third-order valence-electron chi connectivity index (χ3n) is 6.99. The van der Waals surface area contributed by atoms with Gasteiger partial charge in [-0.05, 0) is 79.6 Å². The number of hydrogen-bond donors (Lipinski definition) is 2. The van der Waals surface area contributed by atoms with Crippen LogP contribution in [0.15, 0.2) is 138 Å². The third kappa shape index (κ3) is 8.16. The van der Waals surface area contributed by atoms with E-state index in [2.05, 4.69) is 10.6 Å². The van der Waals surface area contributed by atoms with E-state index in [9.17, 15) is 18.0 Å². The van der Waals surface area contributed by atoms with Crippen LogP contribution < -0.4 is 19.7 Å². The number of carbonyl (C=O) groups excluding carboxylic acids is 2. The summed E-state index contributed by atoms with van der Waals surface area (Å²) in [4.78, 5) is 26.5. The highest BCUT2D eigenvalue weighted by atomic mass is 32.2. The van der Waals surface area contributed by atoms with Crippen LogP contribution in [0.3, 0.4) is 0 Å². The summed E-state index contributed by atoms with van der Waals surface area (Å²) in [5.74, 6) is 0.186. The first-order chi connectivity index (χ1) is 21.8. The summed E-state index contributed by atoms with van der Waals surface area (Å²) in [6, 6.07) is 38.5. The molecule has 0 spiro atoms. The van der Waals surface area contributed by atoms with Crippen molar-refractivity contribution in [1.29, 1.82) is 0 Å². The number of carbonyl (C=O) groups is 2. The van der Waals surface area contributed by atoms with Gasteiger partial charge in [-0.15, -0.1) is 0 Å². The minimum Gasteiger partial charge on any atom is -0.457 e. The highest BCUT2D eigenvalue weighted by molar-refractivity contribution is 7.92. The second-order valence-electron chi connectivity index (χ2n) is 10.3. The lowest BCUT2D eigenvalue weighted by molar-refractivity contribution is -0.114. The quantitative estimate of drug-likeness (QED) is 0.164. The molecule has 0 aliphatic heterocycles. The molecule has 0 saturated carbocycles. The minimum atomic E-state index is -4.14. The van der Waals surface area contributed by atoms with E-state index in [-0.39, 0.29) is 27.7 Å². The summed E-state index contributed by atoms with van der Waals surface area (Å²) in [5.41, 5.74) is 2.82. The van der Waals surface area contributed by atoms with Crippen molar-refractivity contribution in [3.8, 4) is 11.5 Å². The summed E-state index contributed by atoms with van der Waals surface area (Å²) >= 11 is 0. The maximum atomic E-state index is 13.9. The normalized spacial score (nSPS) is 11.0. The Kier molecular flexibility index (Phi) is 9.91. The number of rotatable bonds is 12. The predicted octanol–water partition coefficient (Wildman–Crippen LogP) is 6.59. The molecule has 5 aromatic rings. The molecule has 5 rings (SSSR count). The van der Waals surface area contributed by atoms with E-state index in [0.29, 0.717) is 24.5 Å². The van der Waals surface area contributed by atoms with Crippen molar-refractivity contribution in [3.63, 3.8) is 0 Å². The van der Waals surface area contributed by atoms with Gasteiger partial charge in [-0.2, -0.15) is 0 Å². The van der Waals surface area contributed by atoms with Crippen molar-refractivity contribution in [1.82, 2.24) is 5.32 Å². The standard InChI is InChI=1S/C36H33N3O5S/c1-27-16-22-32(23-17-27)45(42,43)39(29-18-20-31(21-19-29)44-30-12-6-3-7-13-30)26-35(40)38-34-15-9-8-14-33(34)36(41)37-25-24-28-10-4-2-5-11-28/h2-23H,24-26H2,1H3,(H,37,41)(H,38,40). The molecule has 0 bridgehead atoms. The van der Waals surface area contributed by atoms with Crippen LogP contribution in [0, 0.1) is 6.92 Å². The SMILES string of the molecule is Cc1ccc(S(=O)(=O)N(CC(=O)Nc2ccccc2C(=O)NCCc2ccccc2)c2ccc(Oc3ccccc3)cc2)cc1. The van der Waals surface area contributed by atoms with E-state index in [1.54, 1.807) is 60.7 Å². The average molecular weight is 620 g/mol. The van der Waals surface area contributed by atoms with Crippen molar-refractivity contribution in [2.75, 3.05) is 22.7 Å². The molecule has 0 aromatic heterocycles. The van der Waals surface area contributed by atoms with Crippen LogP contribution in [0.4, 0.5) is 11.4 Å². The van der Waals surface area contributed by atoms with Gasteiger partial charge in [-0.1, -0.05) is 78.4 Å². The first-order valence-electron chi connectivity index (χ1n) is 14.4. The number of sulfonamides is 1. The third-order valence-corrected chi connectivity index (χ3v) is 8.78. The first kappa shape index (κ1) is 31.0. The number of benzene rings is 5. The molecule has 0 radical (unpaired) electrons. The first-order valence-corrected chi connectivity index (χ1v) is 15.9. The van der Waals surface area contributed by atoms with Gasteiger partial charge in [0.1, 0.15) is 18.0 Å². The molecule has 45 heavy (non-hydrogen) atoms. The Bertz CT molecular complexity index is 1850. The molecule has 9 heteroatoms. The van der Waals surface area contributed by atoms with Crippen molar-refractivity contribution in [3.05, 3.63) is 150 Å². The van der Waals surface area contributed by atoms with Gasteiger partial charge in [0.2, 0.25) is 5.91 Å². The molecule has 0 unspecified atom stereocenters. The molecule has 0 atom stereocenters. The van der Waals surface area contributed by atoms with Crippen LogP contribution in [0.5, 0.6) is 11.5 Å². The predicted molar refractivity (Wildman–Crippen MR) is 176 cm³/mol. The highest BCUT2D eigenvalue weighted by Crippen LogP contribution is 2.28. The fourth-order valence-electron chi connectivity index (χ4n) is 4.63. The number of para-hydroxylation sites is 2. The Morgan fingerprint density at radius 3 is 2.00 bits per heavy atom. The molecule has 0 heterocycles. The van der Waals surface area contributed by atoms with Gasteiger partial charge in [-0.25, -0.2) is 8.42 Å². The van der Waals surface area contributed by atoms with Gasteiger partial charge in [0.05, 0.1) is 21.8 Å². The van der Waals surface area contributed by atoms with Crippen molar-refractivity contribution < 1.29 is 22.7 Å². The van der Waals surface area contributed by atoms with E-state index < -0.39 is 22.5 Å². The fourth-order valence-corrected chi connectivity index (χ4v) is 6.05. The summed E-state index contributed by atoms with van der Waals surface area (Å²) < 4.78 is 34.6. The number of hydrogen-bond acceptors (Lipinski definition) is 5. The molecule has 5 aromatic carbocycles. The lowest BCUT2D eigenvalue weighted by atomic mass is 10.1. The molecule has 0 aliphatic rings. The molecular weight excluding hydrogens is 586 g/mol. The Hall–Kier alpha value is -5.41. The van der Waals surface area contributed by atoms with Gasteiger partial charge in [0.15, 0.2) is 0 Å². The lowest BCUT2D eigenvalue weighted by Crippen LogP contribution is -2.38. The maximum absolute atomic E-state index is 13.9. The molecule has 2 amide bonds. The zero-order valence-corrected chi connectivity index (χ0v) is 25.5. The van der Waals surface area contributed by atoms with Gasteiger partial charge in [-0.3, -0.25) is 13.9 Å². The zero-order valence-electron chi connectivity index (χ0n) is 24.7. The smallest absolute Gasteiger partial charge is 0.264 e. The van der Waals surface area contributed by atoms with Gasteiger partial charge in [0.25, 0.3) is 15.9 Å². The highest BCUT2D eigenvalue weighted by Gasteiger charge is 2.28. The molecule has 228 valence electrons. The van der Waals surface area contributed by atoms with Crippen LogP contribution in [-0.2, 0) is 21.2 Å². The number of aryl methyl sites for hydroxylation is 1. The molecule has 0 saturated heterocycles.